The first kappa shape index (κ1) is 16.7. The van der Waals surface area contributed by atoms with Crippen LogP contribution in [0.25, 0.3) is 5.65 Å². The molecule has 0 amide bonds. The largest absolute Gasteiger partial charge is 0.303 e. The molecule has 1 aromatic carbocycles. The van der Waals surface area contributed by atoms with Crippen molar-refractivity contribution in [3.8, 4) is 0 Å². The second-order valence-corrected chi connectivity index (χ2v) is 8.10. The van der Waals surface area contributed by atoms with Gasteiger partial charge in [0.05, 0.1) is 28.3 Å². The van der Waals surface area contributed by atoms with E-state index in [-0.39, 0.29) is 23.2 Å². The molecule has 26 heavy (non-hydrogen) atoms. The first-order chi connectivity index (χ1) is 12.5. The van der Waals surface area contributed by atoms with Crippen molar-refractivity contribution in [2.24, 2.45) is 0 Å². The molecule has 0 spiro atoms. The predicted molar refractivity (Wildman–Crippen MR) is 94.0 cm³/mol. The van der Waals surface area contributed by atoms with E-state index >= 15 is 0 Å². The van der Waals surface area contributed by atoms with Crippen LogP contribution >= 0.6 is 0 Å². The average Bonchev–Trinajstić information content (AvgIpc) is 3.40. The Bertz CT molecular complexity index is 1070. The van der Waals surface area contributed by atoms with Crippen molar-refractivity contribution in [2.45, 2.75) is 30.3 Å². The van der Waals surface area contributed by atoms with Gasteiger partial charge in [0.25, 0.3) is 5.69 Å². The van der Waals surface area contributed by atoms with Gasteiger partial charge in [-0.3, -0.25) is 10.1 Å². The third-order valence-corrected chi connectivity index (χ3v) is 6.33. The molecule has 0 aliphatic heterocycles. The van der Waals surface area contributed by atoms with Gasteiger partial charge >= 0.3 is 0 Å². The van der Waals surface area contributed by atoms with E-state index in [4.69, 9.17) is 0 Å². The number of nitro groups is 1. The Morgan fingerprint density at radius 3 is 2.58 bits per heavy atom. The van der Waals surface area contributed by atoms with Crippen molar-refractivity contribution in [3.05, 3.63) is 70.7 Å². The van der Waals surface area contributed by atoms with Gasteiger partial charge in [0.2, 0.25) is 10.0 Å². The first-order valence-electron chi connectivity index (χ1n) is 8.14. The Morgan fingerprint density at radius 2 is 1.92 bits per heavy atom. The molecule has 0 saturated heterocycles. The summed E-state index contributed by atoms with van der Waals surface area (Å²) < 4.78 is 29.5. The molecular formula is C17H16N4O4S. The Kier molecular flexibility index (Phi) is 3.97. The van der Waals surface area contributed by atoms with E-state index in [1.54, 1.807) is 6.20 Å². The number of hydrogen-bond acceptors (Lipinski definition) is 5. The van der Waals surface area contributed by atoms with E-state index in [0.29, 0.717) is 0 Å². The van der Waals surface area contributed by atoms with Crippen molar-refractivity contribution in [1.82, 2.24) is 13.7 Å². The number of nitrogens with zero attached hydrogens (tertiary/aromatic N) is 4. The van der Waals surface area contributed by atoms with Crippen LogP contribution in [0.5, 0.6) is 0 Å². The Labute approximate surface area is 149 Å². The van der Waals surface area contributed by atoms with E-state index in [0.717, 1.165) is 24.2 Å². The number of fused-ring (bicyclic) bond motifs is 1. The molecule has 0 unspecified atom stereocenters. The lowest BCUT2D eigenvalue weighted by atomic mass is 10.3. The zero-order chi connectivity index (χ0) is 18.3. The van der Waals surface area contributed by atoms with Crippen LogP contribution < -0.4 is 0 Å². The van der Waals surface area contributed by atoms with Crippen molar-refractivity contribution < 1.29 is 13.3 Å². The zero-order valence-electron chi connectivity index (χ0n) is 13.7. The normalized spacial score (nSPS) is 14.8. The van der Waals surface area contributed by atoms with Crippen LogP contribution in [-0.2, 0) is 16.6 Å². The van der Waals surface area contributed by atoms with E-state index in [1.807, 2.05) is 28.8 Å². The molecule has 2 aromatic heterocycles. The molecule has 2 heterocycles. The minimum Gasteiger partial charge on any atom is -0.303 e. The molecule has 1 aliphatic carbocycles. The number of pyridine rings is 1. The Hall–Kier alpha value is -2.78. The molecule has 1 saturated carbocycles. The number of nitro benzene ring substituents is 1. The molecule has 9 heteroatoms. The summed E-state index contributed by atoms with van der Waals surface area (Å²) in [5.74, 6) is 0. The first-order valence-corrected chi connectivity index (χ1v) is 9.58. The number of benzene rings is 1. The van der Waals surface area contributed by atoms with Crippen LogP contribution in [-0.4, -0.2) is 33.1 Å². The van der Waals surface area contributed by atoms with Crippen molar-refractivity contribution in [1.29, 1.82) is 0 Å². The summed E-state index contributed by atoms with van der Waals surface area (Å²) in [5, 5.41) is 10.8. The molecule has 1 fully saturated rings. The topological polar surface area (TPSA) is 97.8 Å². The summed E-state index contributed by atoms with van der Waals surface area (Å²) in [6, 6.07) is 10.6. The molecule has 134 valence electrons. The Balaban J connectivity index is 1.68. The number of imidazole rings is 1. The lowest BCUT2D eigenvalue weighted by molar-refractivity contribution is -0.384. The second-order valence-electron chi connectivity index (χ2n) is 6.21. The Morgan fingerprint density at radius 1 is 1.19 bits per heavy atom. The van der Waals surface area contributed by atoms with E-state index in [1.165, 1.54) is 28.6 Å². The molecule has 0 radical (unpaired) electrons. The molecular weight excluding hydrogens is 356 g/mol. The summed E-state index contributed by atoms with van der Waals surface area (Å²) in [5.41, 5.74) is 1.40. The van der Waals surface area contributed by atoms with Crippen LogP contribution in [0.15, 0.2) is 59.8 Å². The molecule has 4 rings (SSSR count). The van der Waals surface area contributed by atoms with Gasteiger partial charge in [-0.2, -0.15) is 4.31 Å². The van der Waals surface area contributed by atoms with Gasteiger partial charge in [-0.15, -0.1) is 0 Å². The maximum absolute atomic E-state index is 13.1. The molecule has 1 aliphatic rings. The van der Waals surface area contributed by atoms with Crippen LogP contribution in [0.3, 0.4) is 0 Å². The maximum Gasteiger partial charge on any atom is 0.269 e. The number of hydrogen-bond donors (Lipinski definition) is 0. The molecule has 8 nitrogen and oxygen atoms in total. The van der Waals surface area contributed by atoms with Gasteiger partial charge in [-0.1, -0.05) is 6.07 Å². The number of sulfonamides is 1. The predicted octanol–water partition coefficient (Wildman–Crippen LogP) is 2.60. The number of aromatic nitrogens is 2. The average molecular weight is 372 g/mol. The lowest BCUT2D eigenvalue weighted by Gasteiger charge is -2.21. The summed E-state index contributed by atoms with van der Waals surface area (Å²) in [7, 11) is -3.76. The fourth-order valence-corrected chi connectivity index (χ4v) is 4.57. The molecule has 3 aromatic rings. The van der Waals surface area contributed by atoms with Gasteiger partial charge in [0.1, 0.15) is 5.65 Å². The third kappa shape index (κ3) is 2.95. The van der Waals surface area contributed by atoms with E-state index in [9.17, 15) is 18.5 Å². The fraction of sp³-hybridized carbons (Fsp3) is 0.235. The molecule has 0 N–H and O–H groups in total. The van der Waals surface area contributed by atoms with Crippen LogP contribution in [0.4, 0.5) is 5.69 Å². The fourth-order valence-electron chi connectivity index (χ4n) is 2.91. The maximum atomic E-state index is 13.1. The minimum absolute atomic E-state index is 0.0514. The zero-order valence-corrected chi connectivity index (χ0v) is 14.5. The monoisotopic (exact) mass is 372 g/mol. The minimum atomic E-state index is -3.76. The summed E-state index contributed by atoms with van der Waals surface area (Å²) in [4.78, 5) is 14.6. The highest BCUT2D eigenvalue weighted by molar-refractivity contribution is 7.89. The summed E-state index contributed by atoms with van der Waals surface area (Å²) >= 11 is 0. The van der Waals surface area contributed by atoms with Crippen molar-refractivity contribution in [2.75, 3.05) is 0 Å². The number of rotatable bonds is 6. The van der Waals surface area contributed by atoms with Gasteiger partial charge in [-0.25, -0.2) is 13.4 Å². The summed E-state index contributed by atoms with van der Waals surface area (Å²) in [6.45, 7) is 0.204. The molecule has 0 bridgehead atoms. The lowest BCUT2D eigenvalue weighted by Crippen LogP contribution is -2.33. The quantitative estimate of drug-likeness (QED) is 0.489. The summed E-state index contributed by atoms with van der Waals surface area (Å²) in [6.07, 6.45) is 5.14. The highest BCUT2D eigenvalue weighted by Crippen LogP contribution is 2.34. The van der Waals surface area contributed by atoms with Crippen molar-refractivity contribution in [3.63, 3.8) is 0 Å². The van der Waals surface area contributed by atoms with E-state index in [2.05, 4.69) is 4.98 Å². The highest BCUT2D eigenvalue weighted by Gasteiger charge is 2.38. The third-order valence-electron chi connectivity index (χ3n) is 4.42. The SMILES string of the molecule is O=[N+]([O-])c1ccc(S(=O)(=O)N(Cc2cnc3ccccn23)C2CC2)cc1. The smallest absolute Gasteiger partial charge is 0.269 e. The van der Waals surface area contributed by atoms with Crippen molar-refractivity contribution >= 4 is 21.4 Å². The standard InChI is InChI=1S/C17H16N4O4S/c22-21(23)14-6-8-16(9-7-14)26(24,25)20(13-4-5-13)12-15-11-18-17-3-1-2-10-19(15)17/h1-3,6-11,13H,4-5,12H2. The van der Waals surface area contributed by atoms with Gasteiger partial charge in [-0.05, 0) is 37.1 Å². The van der Waals surface area contributed by atoms with Crippen LogP contribution in [0.2, 0.25) is 0 Å². The van der Waals surface area contributed by atoms with Crippen LogP contribution in [0, 0.1) is 10.1 Å². The highest BCUT2D eigenvalue weighted by atomic mass is 32.2. The molecule has 0 atom stereocenters. The van der Waals surface area contributed by atoms with Gasteiger partial charge in [0.15, 0.2) is 0 Å². The number of non-ortho nitro benzene ring substituents is 1. The second kappa shape index (κ2) is 6.19. The van der Waals surface area contributed by atoms with Gasteiger partial charge in [0, 0.05) is 24.4 Å². The van der Waals surface area contributed by atoms with Crippen LogP contribution in [0.1, 0.15) is 18.5 Å². The van der Waals surface area contributed by atoms with E-state index < -0.39 is 14.9 Å². The van der Waals surface area contributed by atoms with Gasteiger partial charge < -0.3 is 4.40 Å².